The Kier molecular flexibility index (Phi) is 1.73. The summed E-state index contributed by atoms with van der Waals surface area (Å²) in [6.45, 7) is 3.62. The van der Waals surface area contributed by atoms with Gasteiger partial charge in [0.1, 0.15) is 0 Å². The van der Waals surface area contributed by atoms with Crippen molar-refractivity contribution in [1.82, 2.24) is 0 Å². The van der Waals surface area contributed by atoms with Gasteiger partial charge in [0.2, 0.25) is 0 Å². The van der Waals surface area contributed by atoms with E-state index in [-0.39, 0.29) is 0 Å². The molecule has 0 spiro atoms. The smallest absolute Gasteiger partial charge is 0.0968 e. The van der Waals surface area contributed by atoms with Gasteiger partial charge in [0, 0.05) is 0 Å². The van der Waals surface area contributed by atoms with E-state index in [1.807, 2.05) is 24.3 Å². The minimum absolute atomic E-state index is 0.436. The third-order valence-electron chi connectivity index (χ3n) is 1.67. The SMILES string of the molecule is C=CC1(C#N)C=CC=CC1. The van der Waals surface area contributed by atoms with Crippen molar-refractivity contribution in [3.63, 3.8) is 0 Å². The lowest BCUT2D eigenvalue weighted by molar-refractivity contribution is 0.653. The number of hydrogen-bond acceptors (Lipinski definition) is 1. The van der Waals surface area contributed by atoms with Gasteiger partial charge in [0.15, 0.2) is 0 Å². The summed E-state index contributed by atoms with van der Waals surface area (Å²) in [7, 11) is 0. The number of rotatable bonds is 1. The van der Waals surface area contributed by atoms with Crippen LogP contribution in [-0.4, -0.2) is 0 Å². The molecule has 1 atom stereocenters. The van der Waals surface area contributed by atoms with Gasteiger partial charge in [0.05, 0.1) is 11.5 Å². The second-order valence-electron chi connectivity index (χ2n) is 2.35. The van der Waals surface area contributed by atoms with Crippen molar-refractivity contribution < 1.29 is 0 Å². The fourth-order valence-electron chi connectivity index (χ4n) is 0.917. The van der Waals surface area contributed by atoms with Crippen LogP contribution in [0.25, 0.3) is 0 Å². The molecule has 0 radical (unpaired) electrons. The summed E-state index contributed by atoms with van der Waals surface area (Å²) in [4.78, 5) is 0. The molecule has 0 amide bonds. The van der Waals surface area contributed by atoms with Gasteiger partial charge in [-0.1, -0.05) is 30.4 Å². The van der Waals surface area contributed by atoms with Crippen molar-refractivity contribution in [2.24, 2.45) is 5.41 Å². The second kappa shape index (κ2) is 2.53. The normalized spacial score (nSPS) is 29.5. The van der Waals surface area contributed by atoms with Gasteiger partial charge in [-0.2, -0.15) is 5.26 Å². The quantitative estimate of drug-likeness (QED) is 0.500. The second-order valence-corrected chi connectivity index (χ2v) is 2.35. The average Bonchev–Trinajstić information content (AvgIpc) is 2.06. The fourth-order valence-corrected chi connectivity index (χ4v) is 0.917. The highest BCUT2D eigenvalue weighted by Crippen LogP contribution is 2.27. The maximum Gasteiger partial charge on any atom is 0.0968 e. The van der Waals surface area contributed by atoms with Crippen LogP contribution in [0.3, 0.4) is 0 Å². The molecule has 0 saturated carbocycles. The monoisotopic (exact) mass is 131 g/mol. The van der Waals surface area contributed by atoms with Crippen LogP contribution in [-0.2, 0) is 0 Å². The molecule has 0 N–H and O–H groups in total. The van der Waals surface area contributed by atoms with Crippen molar-refractivity contribution in [2.45, 2.75) is 6.42 Å². The lowest BCUT2D eigenvalue weighted by atomic mass is 9.83. The van der Waals surface area contributed by atoms with Gasteiger partial charge < -0.3 is 0 Å². The highest BCUT2D eigenvalue weighted by Gasteiger charge is 2.21. The summed E-state index contributed by atoms with van der Waals surface area (Å²) in [5.74, 6) is 0. The summed E-state index contributed by atoms with van der Waals surface area (Å²) in [5.41, 5.74) is -0.436. The van der Waals surface area contributed by atoms with Gasteiger partial charge in [0.25, 0.3) is 0 Å². The molecule has 1 rings (SSSR count). The van der Waals surface area contributed by atoms with E-state index in [9.17, 15) is 0 Å². The van der Waals surface area contributed by atoms with E-state index in [1.54, 1.807) is 6.08 Å². The molecule has 1 unspecified atom stereocenters. The van der Waals surface area contributed by atoms with Crippen LogP contribution in [0.1, 0.15) is 6.42 Å². The Morgan fingerprint density at radius 3 is 2.70 bits per heavy atom. The van der Waals surface area contributed by atoms with Crippen LogP contribution in [0.5, 0.6) is 0 Å². The zero-order valence-corrected chi connectivity index (χ0v) is 5.75. The molecule has 1 nitrogen and oxygen atoms in total. The summed E-state index contributed by atoms with van der Waals surface area (Å²) in [5, 5.41) is 8.74. The molecule has 1 heteroatoms. The summed E-state index contributed by atoms with van der Waals surface area (Å²) >= 11 is 0. The van der Waals surface area contributed by atoms with E-state index in [0.29, 0.717) is 0 Å². The number of hydrogen-bond donors (Lipinski definition) is 0. The van der Waals surface area contributed by atoms with Gasteiger partial charge in [-0.25, -0.2) is 0 Å². The van der Waals surface area contributed by atoms with Crippen LogP contribution >= 0.6 is 0 Å². The highest BCUT2D eigenvalue weighted by molar-refractivity contribution is 5.29. The Bertz CT molecular complexity index is 230. The molecule has 1 aliphatic carbocycles. The first-order valence-corrected chi connectivity index (χ1v) is 3.22. The Morgan fingerprint density at radius 2 is 2.40 bits per heavy atom. The number of nitrogens with zero attached hydrogens (tertiary/aromatic N) is 1. The Labute approximate surface area is 61.0 Å². The summed E-state index contributed by atoms with van der Waals surface area (Å²) < 4.78 is 0. The Hall–Kier alpha value is -1.29. The van der Waals surface area contributed by atoms with Crippen LogP contribution in [0.4, 0.5) is 0 Å². The minimum Gasteiger partial charge on any atom is -0.197 e. The first-order chi connectivity index (χ1) is 4.83. The van der Waals surface area contributed by atoms with E-state index < -0.39 is 5.41 Å². The predicted octanol–water partition coefficient (Wildman–Crippen LogP) is 2.20. The van der Waals surface area contributed by atoms with Gasteiger partial charge in [-0.15, -0.1) is 6.58 Å². The maximum absolute atomic E-state index is 8.74. The largest absolute Gasteiger partial charge is 0.197 e. The zero-order valence-electron chi connectivity index (χ0n) is 5.75. The fraction of sp³-hybridized carbons (Fsp3) is 0.222. The number of allylic oxidation sites excluding steroid dienone is 5. The minimum atomic E-state index is -0.436. The Balaban J connectivity index is 2.89. The molecule has 0 aromatic rings. The summed E-state index contributed by atoms with van der Waals surface area (Å²) in [6, 6.07) is 2.21. The molecule has 0 heterocycles. The highest BCUT2D eigenvalue weighted by atomic mass is 14.3. The molecule has 0 fully saturated rings. The van der Waals surface area contributed by atoms with Gasteiger partial charge in [-0.3, -0.25) is 0 Å². The van der Waals surface area contributed by atoms with Crippen LogP contribution in [0.2, 0.25) is 0 Å². The third-order valence-corrected chi connectivity index (χ3v) is 1.67. The van der Waals surface area contributed by atoms with Crippen LogP contribution in [0.15, 0.2) is 37.0 Å². The molecule has 1 aliphatic rings. The van der Waals surface area contributed by atoms with E-state index in [2.05, 4.69) is 12.6 Å². The average molecular weight is 131 g/mol. The van der Waals surface area contributed by atoms with Crippen molar-refractivity contribution in [1.29, 1.82) is 5.26 Å². The van der Waals surface area contributed by atoms with E-state index in [0.717, 1.165) is 6.42 Å². The summed E-state index contributed by atoms with van der Waals surface area (Å²) in [6.07, 6.45) is 10.1. The van der Waals surface area contributed by atoms with Crippen LogP contribution in [0, 0.1) is 16.7 Å². The molecular weight excluding hydrogens is 122 g/mol. The lowest BCUT2D eigenvalue weighted by Crippen LogP contribution is -2.11. The van der Waals surface area contributed by atoms with E-state index >= 15 is 0 Å². The Morgan fingerprint density at radius 1 is 1.60 bits per heavy atom. The molecule has 0 saturated heterocycles. The number of nitriles is 1. The first kappa shape index (κ1) is 6.82. The van der Waals surface area contributed by atoms with Crippen molar-refractivity contribution in [3.05, 3.63) is 37.0 Å². The standard InChI is InChI=1S/C9H9N/c1-2-9(8-10)6-4-3-5-7-9/h2-6H,1,7H2. The van der Waals surface area contributed by atoms with Crippen molar-refractivity contribution in [3.8, 4) is 6.07 Å². The molecule has 0 aromatic carbocycles. The zero-order chi connectivity index (χ0) is 7.45. The molecule has 50 valence electrons. The van der Waals surface area contributed by atoms with Gasteiger partial charge in [-0.05, 0) is 6.42 Å². The first-order valence-electron chi connectivity index (χ1n) is 3.22. The maximum atomic E-state index is 8.74. The van der Waals surface area contributed by atoms with Gasteiger partial charge >= 0.3 is 0 Å². The molecule has 0 aromatic heterocycles. The molecular formula is C9H9N. The lowest BCUT2D eigenvalue weighted by Gasteiger charge is -2.17. The van der Waals surface area contributed by atoms with E-state index in [1.165, 1.54) is 0 Å². The predicted molar refractivity (Wildman–Crippen MR) is 41.1 cm³/mol. The van der Waals surface area contributed by atoms with Crippen molar-refractivity contribution >= 4 is 0 Å². The molecule has 0 bridgehead atoms. The van der Waals surface area contributed by atoms with E-state index in [4.69, 9.17) is 5.26 Å². The molecule has 0 aliphatic heterocycles. The topological polar surface area (TPSA) is 23.8 Å². The molecule has 10 heavy (non-hydrogen) atoms. The van der Waals surface area contributed by atoms with Crippen LogP contribution < -0.4 is 0 Å². The third kappa shape index (κ3) is 1.01. The van der Waals surface area contributed by atoms with Crippen molar-refractivity contribution in [2.75, 3.05) is 0 Å².